The number of thiazole rings is 1. The highest BCUT2D eigenvalue weighted by molar-refractivity contribution is 7.12. The summed E-state index contributed by atoms with van der Waals surface area (Å²) in [6, 6.07) is 9.86. The minimum absolute atomic E-state index is 0.0992. The fourth-order valence-corrected chi connectivity index (χ4v) is 3.68. The predicted molar refractivity (Wildman–Crippen MR) is 103 cm³/mol. The fraction of sp³-hybridized carbons (Fsp3) is 0.263. The average molecular weight is 354 g/mol. The molecule has 0 aliphatic heterocycles. The predicted octanol–water partition coefficient (Wildman–Crippen LogP) is 3.86. The molecule has 0 aliphatic rings. The molecular formula is C19H22N4OS. The van der Waals surface area contributed by atoms with E-state index in [0.29, 0.717) is 5.56 Å². The van der Waals surface area contributed by atoms with Gasteiger partial charge < -0.3 is 10.2 Å². The van der Waals surface area contributed by atoms with Gasteiger partial charge in [0.2, 0.25) is 0 Å². The van der Waals surface area contributed by atoms with Gasteiger partial charge >= 0.3 is 0 Å². The van der Waals surface area contributed by atoms with Gasteiger partial charge in [-0.15, -0.1) is 11.3 Å². The molecule has 2 aromatic heterocycles. The quantitative estimate of drug-likeness (QED) is 0.757. The smallest absolute Gasteiger partial charge is 0.257 e. The van der Waals surface area contributed by atoms with Crippen LogP contribution >= 0.6 is 11.3 Å². The van der Waals surface area contributed by atoms with Crippen LogP contribution in [0, 0.1) is 13.8 Å². The number of hydrogen-bond acceptors (Lipinski definition) is 4. The summed E-state index contributed by atoms with van der Waals surface area (Å²) in [5.74, 6) is -0.0992. The van der Waals surface area contributed by atoms with E-state index >= 15 is 0 Å². The van der Waals surface area contributed by atoms with Crippen LogP contribution in [0.2, 0.25) is 0 Å². The minimum Gasteiger partial charge on any atom is -0.322 e. The Labute approximate surface area is 151 Å². The van der Waals surface area contributed by atoms with E-state index in [0.717, 1.165) is 34.3 Å². The third-order valence-electron chi connectivity index (χ3n) is 3.97. The first kappa shape index (κ1) is 17.4. The number of carbonyl (C=O) groups is 1. The van der Waals surface area contributed by atoms with Gasteiger partial charge in [0, 0.05) is 35.2 Å². The SMILES string of the molecule is Cc1cc(C(=O)Nc2cccc(CN(C)C)c2)c(C)n1-c1nccs1. The van der Waals surface area contributed by atoms with Crippen molar-refractivity contribution in [1.82, 2.24) is 14.5 Å². The molecule has 1 amide bonds. The van der Waals surface area contributed by atoms with E-state index < -0.39 is 0 Å². The van der Waals surface area contributed by atoms with Crippen LogP contribution in [0.5, 0.6) is 0 Å². The molecular weight excluding hydrogens is 332 g/mol. The van der Waals surface area contributed by atoms with Gasteiger partial charge in [0.15, 0.2) is 5.13 Å². The Morgan fingerprint density at radius 2 is 2.08 bits per heavy atom. The van der Waals surface area contributed by atoms with E-state index in [9.17, 15) is 4.79 Å². The first-order valence-corrected chi connectivity index (χ1v) is 8.97. The van der Waals surface area contributed by atoms with Crippen molar-refractivity contribution in [3.8, 4) is 5.13 Å². The second-order valence-corrected chi connectivity index (χ2v) is 7.20. The lowest BCUT2D eigenvalue weighted by Gasteiger charge is -2.11. The molecule has 0 saturated heterocycles. The van der Waals surface area contributed by atoms with Gasteiger partial charge in [-0.2, -0.15) is 0 Å². The maximum absolute atomic E-state index is 12.8. The lowest BCUT2D eigenvalue weighted by molar-refractivity contribution is 0.102. The summed E-state index contributed by atoms with van der Waals surface area (Å²) in [5.41, 5.74) is 4.54. The van der Waals surface area contributed by atoms with Crippen molar-refractivity contribution in [3.05, 3.63) is 64.4 Å². The third kappa shape index (κ3) is 3.81. The van der Waals surface area contributed by atoms with E-state index in [1.54, 1.807) is 17.5 Å². The van der Waals surface area contributed by atoms with Crippen LogP contribution in [-0.2, 0) is 6.54 Å². The molecule has 0 unspecified atom stereocenters. The number of carbonyl (C=O) groups excluding carboxylic acids is 1. The van der Waals surface area contributed by atoms with Gasteiger partial charge in [-0.25, -0.2) is 4.98 Å². The Hall–Kier alpha value is -2.44. The first-order valence-electron chi connectivity index (χ1n) is 8.09. The van der Waals surface area contributed by atoms with E-state index in [-0.39, 0.29) is 5.91 Å². The maximum Gasteiger partial charge on any atom is 0.257 e. The normalized spacial score (nSPS) is 11.1. The molecule has 0 aliphatic carbocycles. The zero-order valence-corrected chi connectivity index (χ0v) is 15.7. The molecule has 2 heterocycles. The number of aromatic nitrogens is 2. The van der Waals surface area contributed by atoms with Crippen molar-refractivity contribution in [2.75, 3.05) is 19.4 Å². The van der Waals surface area contributed by atoms with Gasteiger partial charge in [-0.1, -0.05) is 12.1 Å². The average Bonchev–Trinajstić information content (AvgIpc) is 3.15. The summed E-state index contributed by atoms with van der Waals surface area (Å²) in [5, 5.41) is 5.82. The molecule has 1 aromatic carbocycles. The van der Waals surface area contributed by atoms with Crippen molar-refractivity contribution in [2.24, 2.45) is 0 Å². The monoisotopic (exact) mass is 354 g/mol. The second kappa shape index (κ2) is 7.21. The van der Waals surface area contributed by atoms with Crippen molar-refractivity contribution in [1.29, 1.82) is 0 Å². The Morgan fingerprint density at radius 1 is 1.28 bits per heavy atom. The Bertz CT molecular complexity index is 881. The summed E-state index contributed by atoms with van der Waals surface area (Å²) in [6.07, 6.45) is 1.77. The van der Waals surface area contributed by atoms with E-state index in [2.05, 4.69) is 21.3 Å². The van der Waals surface area contributed by atoms with Gasteiger partial charge in [0.1, 0.15) is 0 Å². The highest BCUT2D eigenvalue weighted by Gasteiger charge is 2.18. The molecule has 0 bridgehead atoms. The number of benzene rings is 1. The Kier molecular flexibility index (Phi) is 5.01. The van der Waals surface area contributed by atoms with Gasteiger partial charge in [0.25, 0.3) is 5.91 Å². The molecule has 25 heavy (non-hydrogen) atoms. The van der Waals surface area contributed by atoms with Crippen LogP contribution in [0.15, 0.2) is 41.9 Å². The first-order chi connectivity index (χ1) is 12.0. The summed E-state index contributed by atoms with van der Waals surface area (Å²) in [7, 11) is 4.05. The van der Waals surface area contributed by atoms with Crippen LogP contribution < -0.4 is 5.32 Å². The van der Waals surface area contributed by atoms with Gasteiger partial charge in [0.05, 0.1) is 5.56 Å². The molecule has 0 radical (unpaired) electrons. The van der Waals surface area contributed by atoms with E-state index in [4.69, 9.17) is 0 Å². The minimum atomic E-state index is -0.0992. The molecule has 3 aromatic rings. The standard InChI is InChI=1S/C19H22N4OS/c1-13-10-17(14(2)23(13)19-20-8-9-25-19)18(24)21-16-7-5-6-15(11-16)12-22(3)4/h5-11H,12H2,1-4H3,(H,21,24). The maximum atomic E-state index is 12.8. The molecule has 0 spiro atoms. The summed E-state index contributed by atoms with van der Waals surface area (Å²) < 4.78 is 2.02. The number of rotatable bonds is 5. The molecule has 130 valence electrons. The zero-order chi connectivity index (χ0) is 18.0. The third-order valence-corrected chi connectivity index (χ3v) is 4.73. The second-order valence-electron chi connectivity index (χ2n) is 6.33. The van der Waals surface area contributed by atoms with Crippen LogP contribution in [-0.4, -0.2) is 34.5 Å². The summed E-state index contributed by atoms with van der Waals surface area (Å²) in [4.78, 5) is 19.2. The van der Waals surface area contributed by atoms with E-state index in [1.807, 2.05) is 62.2 Å². The topological polar surface area (TPSA) is 50.2 Å². The van der Waals surface area contributed by atoms with Gasteiger partial charge in [-0.05, 0) is 51.7 Å². The summed E-state index contributed by atoms with van der Waals surface area (Å²) in [6.45, 7) is 4.77. The van der Waals surface area contributed by atoms with Gasteiger partial charge in [-0.3, -0.25) is 9.36 Å². The van der Waals surface area contributed by atoms with Crippen molar-refractivity contribution >= 4 is 22.9 Å². The highest BCUT2D eigenvalue weighted by atomic mass is 32.1. The molecule has 0 atom stereocenters. The van der Waals surface area contributed by atoms with Crippen molar-refractivity contribution < 1.29 is 4.79 Å². The van der Waals surface area contributed by atoms with Crippen molar-refractivity contribution in [2.45, 2.75) is 20.4 Å². The molecule has 6 heteroatoms. The van der Waals surface area contributed by atoms with Crippen molar-refractivity contribution in [3.63, 3.8) is 0 Å². The molecule has 0 fully saturated rings. The van der Waals surface area contributed by atoms with Crippen LogP contribution in [0.4, 0.5) is 5.69 Å². The number of amides is 1. The van der Waals surface area contributed by atoms with Crippen LogP contribution in [0.1, 0.15) is 27.3 Å². The molecule has 1 N–H and O–H groups in total. The fourth-order valence-electron chi connectivity index (χ4n) is 2.92. The highest BCUT2D eigenvalue weighted by Crippen LogP contribution is 2.23. The van der Waals surface area contributed by atoms with Crippen LogP contribution in [0.25, 0.3) is 5.13 Å². The number of nitrogens with zero attached hydrogens (tertiary/aromatic N) is 3. The number of hydrogen-bond donors (Lipinski definition) is 1. The molecule has 0 saturated carbocycles. The van der Waals surface area contributed by atoms with Crippen LogP contribution in [0.3, 0.4) is 0 Å². The lowest BCUT2D eigenvalue weighted by Crippen LogP contribution is -2.14. The number of aryl methyl sites for hydroxylation is 1. The Morgan fingerprint density at radius 3 is 2.76 bits per heavy atom. The lowest BCUT2D eigenvalue weighted by atomic mass is 10.1. The molecule has 5 nitrogen and oxygen atoms in total. The Balaban J connectivity index is 1.84. The number of nitrogens with one attached hydrogen (secondary N) is 1. The summed E-state index contributed by atoms with van der Waals surface area (Å²) >= 11 is 1.56. The molecule has 3 rings (SSSR count). The largest absolute Gasteiger partial charge is 0.322 e. The zero-order valence-electron chi connectivity index (χ0n) is 14.9. The number of anilines is 1. The van der Waals surface area contributed by atoms with E-state index in [1.165, 1.54) is 0 Å².